The van der Waals surface area contributed by atoms with Gasteiger partial charge in [-0.2, -0.15) is 0 Å². The highest BCUT2D eigenvalue weighted by Crippen LogP contribution is 2.27. The second-order valence-corrected chi connectivity index (χ2v) is 3.49. The highest BCUT2D eigenvalue weighted by molar-refractivity contribution is 5.79. The van der Waals surface area contributed by atoms with E-state index in [2.05, 4.69) is 0 Å². The van der Waals surface area contributed by atoms with E-state index in [1.54, 1.807) is 7.11 Å². The monoisotopic (exact) mass is 223 g/mol. The number of ether oxygens (including phenoxy) is 2. The lowest BCUT2D eigenvalue weighted by Crippen LogP contribution is -2.23. The molecule has 0 saturated carbocycles. The fourth-order valence-corrected chi connectivity index (χ4v) is 1.72. The normalized spacial score (nSPS) is 12.0. The van der Waals surface area contributed by atoms with Crippen LogP contribution in [0.5, 0.6) is 5.75 Å². The summed E-state index contributed by atoms with van der Waals surface area (Å²) in [5, 5.41) is 0. The Morgan fingerprint density at radius 3 is 2.62 bits per heavy atom. The Morgan fingerprint density at radius 1 is 1.44 bits per heavy atom. The van der Waals surface area contributed by atoms with Crippen LogP contribution in [0.3, 0.4) is 0 Å². The Kier molecular flexibility index (Phi) is 4.31. The van der Waals surface area contributed by atoms with E-state index in [1.807, 2.05) is 25.1 Å². The maximum atomic E-state index is 11.6. The van der Waals surface area contributed by atoms with Crippen LogP contribution >= 0.6 is 0 Å². The van der Waals surface area contributed by atoms with E-state index in [0.717, 1.165) is 16.9 Å². The zero-order valence-corrected chi connectivity index (χ0v) is 9.82. The van der Waals surface area contributed by atoms with Crippen LogP contribution in [0.15, 0.2) is 18.2 Å². The predicted molar refractivity (Wildman–Crippen MR) is 61.5 cm³/mol. The molecule has 4 heteroatoms. The summed E-state index contributed by atoms with van der Waals surface area (Å²) in [6.45, 7) is 2.13. The fourth-order valence-electron chi connectivity index (χ4n) is 1.72. The molecule has 1 atom stereocenters. The molecule has 0 aliphatic heterocycles. The van der Waals surface area contributed by atoms with E-state index in [0.29, 0.717) is 0 Å². The summed E-state index contributed by atoms with van der Waals surface area (Å²) < 4.78 is 9.93. The van der Waals surface area contributed by atoms with Crippen molar-refractivity contribution >= 4 is 5.97 Å². The quantitative estimate of drug-likeness (QED) is 0.779. The van der Waals surface area contributed by atoms with Crippen LogP contribution < -0.4 is 10.5 Å². The van der Waals surface area contributed by atoms with Gasteiger partial charge in [0.15, 0.2) is 0 Å². The highest BCUT2D eigenvalue weighted by atomic mass is 16.5. The Hall–Kier alpha value is -1.55. The number of carbonyl (C=O) groups excluding carboxylic acids is 1. The van der Waals surface area contributed by atoms with E-state index >= 15 is 0 Å². The van der Waals surface area contributed by atoms with Crippen molar-refractivity contribution in [2.45, 2.75) is 12.8 Å². The molecule has 0 radical (unpaired) electrons. The number of rotatable bonds is 4. The van der Waals surface area contributed by atoms with Gasteiger partial charge in [0.2, 0.25) is 0 Å². The van der Waals surface area contributed by atoms with Gasteiger partial charge in [0.05, 0.1) is 20.1 Å². The molecular weight excluding hydrogens is 206 g/mol. The Labute approximate surface area is 95.3 Å². The average molecular weight is 223 g/mol. The number of benzene rings is 1. The molecule has 0 aromatic heterocycles. The maximum absolute atomic E-state index is 11.6. The number of hydrogen-bond donors (Lipinski definition) is 1. The molecule has 1 aromatic carbocycles. The van der Waals surface area contributed by atoms with Crippen LogP contribution in [-0.4, -0.2) is 26.7 Å². The van der Waals surface area contributed by atoms with Gasteiger partial charge >= 0.3 is 5.97 Å². The van der Waals surface area contributed by atoms with Crippen molar-refractivity contribution in [2.24, 2.45) is 5.73 Å². The van der Waals surface area contributed by atoms with Gasteiger partial charge in [-0.25, -0.2) is 0 Å². The molecule has 0 spiro atoms. The van der Waals surface area contributed by atoms with Gasteiger partial charge in [0.1, 0.15) is 5.75 Å². The maximum Gasteiger partial charge on any atom is 0.314 e. The van der Waals surface area contributed by atoms with Crippen LogP contribution in [0.1, 0.15) is 17.0 Å². The smallest absolute Gasteiger partial charge is 0.314 e. The van der Waals surface area contributed by atoms with Crippen LogP contribution in [-0.2, 0) is 9.53 Å². The first-order valence-corrected chi connectivity index (χ1v) is 5.07. The van der Waals surface area contributed by atoms with Gasteiger partial charge < -0.3 is 15.2 Å². The second kappa shape index (κ2) is 5.51. The zero-order chi connectivity index (χ0) is 12.1. The minimum Gasteiger partial charge on any atom is -0.496 e. The van der Waals surface area contributed by atoms with Gasteiger partial charge in [-0.3, -0.25) is 4.79 Å². The first kappa shape index (κ1) is 12.5. The summed E-state index contributed by atoms with van der Waals surface area (Å²) in [5.74, 6) is -0.00111. The number of carbonyl (C=O) groups is 1. The van der Waals surface area contributed by atoms with E-state index < -0.39 is 5.92 Å². The van der Waals surface area contributed by atoms with Crippen molar-refractivity contribution in [1.29, 1.82) is 0 Å². The summed E-state index contributed by atoms with van der Waals surface area (Å²) in [6.07, 6.45) is 0. The molecule has 1 unspecified atom stereocenters. The van der Waals surface area contributed by atoms with E-state index in [1.165, 1.54) is 7.11 Å². The third-order valence-corrected chi connectivity index (χ3v) is 2.64. The molecule has 0 aliphatic rings. The minimum absolute atomic E-state index is 0.223. The molecule has 0 saturated heterocycles. The molecule has 0 amide bonds. The molecule has 0 fully saturated rings. The largest absolute Gasteiger partial charge is 0.496 e. The Morgan fingerprint density at radius 2 is 2.12 bits per heavy atom. The number of methoxy groups -OCH3 is 2. The van der Waals surface area contributed by atoms with Gasteiger partial charge in [0.25, 0.3) is 0 Å². The topological polar surface area (TPSA) is 61.5 Å². The molecule has 0 aliphatic carbocycles. The van der Waals surface area contributed by atoms with E-state index in [-0.39, 0.29) is 12.5 Å². The zero-order valence-electron chi connectivity index (χ0n) is 9.82. The van der Waals surface area contributed by atoms with E-state index in [4.69, 9.17) is 15.2 Å². The van der Waals surface area contributed by atoms with Crippen molar-refractivity contribution in [2.75, 3.05) is 20.8 Å². The van der Waals surface area contributed by atoms with Crippen LogP contribution in [0, 0.1) is 6.92 Å². The third kappa shape index (κ3) is 2.33. The predicted octanol–water partition coefficient (Wildman–Crippen LogP) is 1.22. The molecule has 1 rings (SSSR count). The van der Waals surface area contributed by atoms with Crippen molar-refractivity contribution in [1.82, 2.24) is 0 Å². The minimum atomic E-state index is -0.430. The summed E-state index contributed by atoms with van der Waals surface area (Å²) in [7, 11) is 2.96. The Balaban J connectivity index is 3.15. The first-order valence-electron chi connectivity index (χ1n) is 5.07. The lowest BCUT2D eigenvalue weighted by atomic mass is 9.94. The molecule has 88 valence electrons. The van der Waals surface area contributed by atoms with Crippen molar-refractivity contribution in [3.05, 3.63) is 29.3 Å². The van der Waals surface area contributed by atoms with Crippen LogP contribution in [0.2, 0.25) is 0 Å². The summed E-state index contributed by atoms with van der Waals surface area (Å²) in [5.41, 5.74) is 7.38. The average Bonchev–Trinajstić information content (AvgIpc) is 2.31. The molecule has 16 heavy (non-hydrogen) atoms. The van der Waals surface area contributed by atoms with Crippen molar-refractivity contribution in [3.8, 4) is 5.75 Å². The molecular formula is C12H17NO3. The van der Waals surface area contributed by atoms with E-state index in [9.17, 15) is 4.79 Å². The number of nitrogens with two attached hydrogens (primary N) is 1. The summed E-state index contributed by atoms with van der Waals surface area (Å²) in [6, 6.07) is 5.56. The lowest BCUT2D eigenvalue weighted by Gasteiger charge is -2.16. The van der Waals surface area contributed by atoms with Gasteiger partial charge in [-0.1, -0.05) is 12.1 Å². The molecule has 4 nitrogen and oxygen atoms in total. The van der Waals surface area contributed by atoms with Crippen LogP contribution in [0.25, 0.3) is 0 Å². The summed E-state index contributed by atoms with van der Waals surface area (Å²) >= 11 is 0. The molecule has 0 heterocycles. The second-order valence-electron chi connectivity index (χ2n) is 3.49. The molecule has 0 bridgehead atoms. The van der Waals surface area contributed by atoms with Gasteiger partial charge in [-0.15, -0.1) is 0 Å². The van der Waals surface area contributed by atoms with Crippen molar-refractivity contribution < 1.29 is 14.3 Å². The third-order valence-electron chi connectivity index (χ3n) is 2.64. The van der Waals surface area contributed by atoms with Crippen LogP contribution in [0.4, 0.5) is 0 Å². The summed E-state index contributed by atoms with van der Waals surface area (Å²) in [4.78, 5) is 11.6. The van der Waals surface area contributed by atoms with Gasteiger partial charge in [0, 0.05) is 6.54 Å². The standard InChI is InChI=1S/C12H17NO3/c1-8-9(5-4-6-11(8)15-2)10(7-13)12(14)16-3/h4-6,10H,7,13H2,1-3H3. The highest BCUT2D eigenvalue weighted by Gasteiger charge is 2.22. The fraction of sp³-hybridized carbons (Fsp3) is 0.417. The number of esters is 1. The lowest BCUT2D eigenvalue weighted by molar-refractivity contribution is -0.142. The van der Waals surface area contributed by atoms with Gasteiger partial charge in [-0.05, 0) is 24.1 Å². The Bertz CT molecular complexity index is 377. The van der Waals surface area contributed by atoms with Crippen molar-refractivity contribution in [3.63, 3.8) is 0 Å². The number of hydrogen-bond acceptors (Lipinski definition) is 4. The molecule has 2 N–H and O–H groups in total. The first-order chi connectivity index (χ1) is 7.65. The SMILES string of the molecule is COC(=O)C(CN)c1cccc(OC)c1C. The molecule has 1 aromatic rings.